The Hall–Kier alpha value is -3.13. The molecular formula is C24H26N2O9S2. The molecule has 2 aromatic carbocycles. The molecule has 0 aromatic heterocycles. The van der Waals surface area contributed by atoms with Crippen molar-refractivity contribution in [3.63, 3.8) is 0 Å². The van der Waals surface area contributed by atoms with Gasteiger partial charge in [0.05, 0.1) is 35.4 Å². The van der Waals surface area contributed by atoms with Crippen LogP contribution in [0.4, 0.5) is 0 Å². The third-order valence-corrected chi connectivity index (χ3v) is 9.23. The maximum absolute atomic E-state index is 13.0. The SMILES string of the molecule is Cc1ccc(S(=O)(=O)OCCOCCS(=O)(=O)c2cccc3c2CN(C2CCC(=O)NC2=O)C3=O)cc1. The highest BCUT2D eigenvalue weighted by Crippen LogP contribution is 2.32. The number of ether oxygens (including phenoxy) is 1. The quantitative estimate of drug-likeness (QED) is 0.259. The summed E-state index contributed by atoms with van der Waals surface area (Å²) >= 11 is 0. The van der Waals surface area contributed by atoms with Crippen molar-refractivity contribution in [2.75, 3.05) is 25.6 Å². The average molecular weight is 551 g/mol. The molecule has 1 fully saturated rings. The fraction of sp³-hybridized carbons (Fsp3) is 0.375. The van der Waals surface area contributed by atoms with Gasteiger partial charge in [-0.2, -0.15) is 8.42 Å². The lowest BCUT2D eigenvalue weighted by atomic mass is 10.0. The summed E-state index contributed by atoms with van der Waals surface area (Å²) in [5, 5.41) is 2.21. The third kappa shape index (κ3) is 5.90. The molecule has 1 saturated heterocycles. The third-order valence-electron chi connectivity index (χ3n) is 6.15. The number of imide groups is 1. The Morgan fingerprint density at radius 3 is 2.41 bits per heavy atom. The van der Waals surface area contributed by atoms with Gasteiger partial charge in [-0.1, -0.05) is 23.8 Å². The summed E-state index contributed by atoms with van der Waals surface area (Å²) in [5.74, 6) is -1.86. The number of aryl methyl sites for hydroxylation is 1. The van der Waals surface area contributed by atoms with Crippen LogP contribution in [0.3, 0.4) is 0 Å². The van der Waals surface area contributed by atoms with Crippen LogP contribution in [-0.2, 0) is 45.0 Å². The molecule has 2 heterocycles. The number of hydrogen-bond acceptors (Lipinski definition) is 9. The zero-order valence-corrected chi connectivity index (χ0v) is 21.6. The monoisotopic (exact) mass is 550 g/mol. The van der Waals surface area contributed by atoms with Gasteiger partial charge in [0.2, 0.25) is 11.8 Å². The lowest BCUT2D eigenvalue weighted by molar-refractivity contribution is -0.136. The van der Waals surface area contributed by atoms with E-state index in [4.69, 9.17) is 8.92 Å². The molecule has 1 N–H and O–H groups in total. The van der Waals surface area contributed by atoms with Gasteiger partial charge in [0, 0.05) is 24.1 Å². The maximum Gasteiger partial charge on any atom is 0.297 e. The van der Waals surface area contributed by atoms with E-state index in [1.54, 1.807) is 12.1 Å². The highest BCUT2D eigenvalue weighted by atomic mass is 32.2. The largest absolute Gasteiger partial charge is 0.378 e. The van der Waals surface area contributed by atoms with Gasteiger partial charge in [0.15, 0.2) is 9.84 Å². The Labute approximate surface area is 214 Å². The van der Waals surface area contributed by atoms with E-state index in [-0.39, 0.29) is 54.6 Å². The number of hydrogen-bond donors (Lipinski definition) is 1. The minimum atomic E-state index is -3.95. The molecular weight excluding hydrogens is 524 g/mol. The smallest absolute Gasteiger partial charge is 0.297 e. The Balaban J connectivity index is 1.33. The van der Waals surface area contributed by atoms with E-state index in [9.17, 15) is 31.2 Å². The predicted octanol–water partition coefficient (Wildman–Crippen LogP) is 0.952. The number of sulfone groups is 1. The number of rotatable bonds is 10. The molecule has 4 rings (SSSR count). The predicted molar refractivity (Wildman–Crippen MR) is 130 cm³/mol. The Morgan fingerprint density at radius 1 is 0.973 bits per heavy atom. The average Bonchev–Trinajstić information content (AvgIpc) is 3.17. The van der Waals surface area contributed by atoms with Gasteiger partial charge in [-0.15, -0.1) is 0 Å². The zero-order chi connectivity index (χ0) is 26.8. The molecule has 1 unspecified atom stereocenters. The molecule has 3 amide bonds. The number of amides is 3. The fourth-order valence-electron chi connectivity index (χ4n) is 4.20. The van der Waals surface area contributed by atoms with E-state index in [0.717, 1.165) is 5.56 Å². The zero-order valence-electron chi connectivity index (χ0n) is 20.0. The summed E-state index contributed by atoms with van der Waals surface area (Å²) in [6.45, 7) is 1.11. The Morgan fingerprint density at radius 2 is 1.70 bits per heavy atom. The molecule has 13 heteroatoms. The molecule has 2 aliphatic heterocycles. The second kappa shape index (κ2) is 10.7. The van der Waals surface area contributed by atoms with Crippen molar-refractivity contribution in [3.05, 3.63) is 59.2 Å². The fourth-order valence-corrected chi connectivity index (χ4v) is 6.49. The Kier molecular flexibility index (Phi) is 7.78. The summed E-state index contributed by atoms with van der Waals surface area (Å²) in [4.78, 5) is 37.9. The van der Waals surface area contributed by atoms with E-state index in [0.29, 0.717) is 5.56 Å². The molecule has 1 atom stereocenters. The van der Waals surface area contributed by atoms with Gasteiger partial charge in [-0.05, 0) is 37.6 Å². The molecule has 0 saturated carbocycles. The van der Waals surface area contributed by atoms with Crippen LogP contribution in [0.1, 0.15) is 34.3 Å². The van der Waals surface area contributed by atoms with Crippen molar-refractivity contribution in [2.24, 2.45) is 0 Å². The van der Waals surface area contributed by atoms with Gasteiger partial charge >= 0.3 is 0 Å². The first-order chi connectivity index (χ1) is 17.5. The van der Waals surface area contributed by atoms with Gasteiger partial charge < -0.3 is 9.64 Å². The number of nitrogens with zero attached hydrogens (tertiary/aromatic N) is 1. The number of piperidine rings is 1. The molecule has 0 radical (unpaired) electrons. The normalized spacial score (nSPS) is 18.1. The van der Waals surface area contributed by atoms with Crippen LogP contribution in [0.2, 0.25) is 0 Å². The van der Waals surface area contributed by atoms with Gasteiger partial charge in [-0.3, -0.25) is 23.9 Å². The second-order valence-corrected chi connectivity index (χ2v) is 12.4. The lowest BCUT2D eigenvalue weighted by Crippen LogP contribution is -2.52. The summed E-state index contributed by atoms with van der Waals surface area (Å²) in [7, 11) is -7.82. The van der Waals surface area contributed by atoms with Crippen LogP contribution in [0.5, 0.6) is 0 Å². The van der Waals surface area contributed by atoms with Crippen molar-refractivity contribution in [1.29, 1.82) is 0 Å². The van der Waals surface area contributed by atoms with Crippen molar-refractivity contribution < 1.29 is 40.1 Å². The molecule has 2 aliphatic rings. The first-order valence-corrected chi connectivity index (χ1v) is 14.6. The van der Waals surface area contributed by atoms with Gasteiger partial charge in [0.1, 0.15) is 6.04 Å². The summed E-state index contributed by atoms with van der Waals surface area (Å²) in [5.41, 5.74) is 1.40. The number of nitrogens with one attached hydrogen (secondary N) is 1. The molecule has 0 aliphatic carbocycles. The number of carbonyl (C=O) groups excluding carboxylic acids is 3. The molecule has 198 valence electrons. The van der Waals surface area contributed by atoms with E-state index < -0.39 is 49.5 Å². The highest BCUT2D eigenvalue weighted by molar-refractivity contribution is 7.91. The minimum Gasteiger partial charge on any atom is -0.378 e. The minimum absolute atomic E-state index is 0.0134. The van der Waals surface area contributed by atoms with E-state index in [1.807, 2.05) is 6.92 Å². The van der Waals surface area contributed by atoms with Crippen LogP contribution in [0, 0.1) is 6.92 Å². The number of carbonyl (C=O) groups is 3. The number of benzene rings is 2. The van der Waals surface area contributed by atoms with Gasteiger partial charge in [-0.25, -0.2) is 8.42 Å². The van der Waals surface area contributed by atoms with Crippen molar-refractivity contribution in [2.45, 2.75) is 42.1 Å². The van der Waals surface area contributed by atoms with E-state index in [1.165, 1.54) is 35.2 Å². The summed E-state index contributed by atoms with van der Waals surface area (Å²) in [6, 6.07) is 9.67. The van der Waals surface area contributed by atoms with E-state index >= 15 is 0 Å². The van der Waals surface area contributed by atoms with Crippen LogP contribution in [0.15, 0.2) is 52.3 Å². The standard InChI is InChI=1S/C24H26N2O9S2/c1-16-5-7-17(8-6-16)37(32,33)35-12-11-34-13-14-36(30,31)21-4-2-3-18-19(21)15-26(24(18)29)20-9-10-22(27)25-23(20)28/h2-8,20H,9-15H2,1H3,(H,25,27,28). The topological polar surface area (TPSA) is 153 Å². The Bertz CT molecular complexity index is 1440. The molecule has 37 heavy (non-hydrogen) atoms. The van der Waals surface area contributed by atoms with Crippen LogP contribution >= 0.6 is 0 Å². The lowest BCUT2D eigenvalue weighted by Gasteiger charge is -2.29. The first-order valence-electron chi connectivity index (χ1n) is 11.5. The van der Waals surface area contributed by atoms with Gasteiger partial charge in [0.25, 0.3) is 16.0 Å². The van der Waals surface area contributed by atoms with E-state index in [2.05, 4.69) is 5.32 Å². The van der Waals surface area contributed by atoms with Crippen LogP contribution in [0.25, 0.3) is 0 Å². The van der Waals surface area contributed by atoms with Crippen molar-refractivity contribution >= 4 is 37.7 Å². The molecule has 0 spiro atoms. The van der Waals surface area contributed by atoms with Crippen LogP contribution in [-0.4, -0.2) is 71.1 Å². The second-order valence-electron chi connectivity index (χ2n) is 8.70. The highest BCUT2D eigenvalue weighted by Gasteiger charge is 2.41. The maximum atomic E-state index is 13.0. The van der Waals surface area contributed by atoms with Crippen molar-refractivity contribution in [1.82, 2.24) is 10.2 Å². The molecule has 11 nitrogen and oxygen atoms in total. The number of fused-ring (bicyclic) bond motifs is 1. The summed E-state index contributed by atoms with van der Waals surface area (Å²) < 4.78 is 60.7. The first kappa shape index (κ1) is 26.9. The van der Waals surface area contributed by atoms with Crippen molar-refractivity contribution in [3.8, 4) is 0 Å². The molecule has 2 aromatic rings. The molecule has 0 bridgehead atoms. The van der Waals surface area contributed by atoms with Crippen LogP contribution < -0.4 is 5.32 Å². The summed E-state index contributed by atoms with van der Waals surface area (Å²) in [6.07, 6.45) is 0.261.